The van der Waals surface area contributed by atoms with Crippen LogP contribution in [0.5, 0.6) is 5.75 Å². The first-order valence-corrected chi connectivity index (χ1v) is 12.2. The number of hydrogen-bond acceptors (Lipinski definition) is 4. The highest BCUT2D eigenvalue weighted by Gasteiger charge is 2.33. The highest BCUT2D eigenvalue weighted by molar-refractivity contribution is 5.88. The number of carbonyl (C=O) groups excluding carboxylic acids is 1. The normalized spacial score (nSPS) is 25.5. The summed E-state index contributed by atoms with van der Waals surface area (Å²) in [7, 11) is 1.47. The smallest absolute Gasteiger partial charge is 0.311 e. The lowest BCUT2D eigenvalue weighted by atomic mass is 9.78. The van der Waals surface area contributed by atoms with Crippen molar-refractivity contribution in [2.45, 2.75) is 64.0 Å². The average Bonchev–Trinajstić information content (AvgIpc) is 3.31. The van der Waals surface area contributed by atoms with Crippen molar-refractivity contribution in [3.8, 4) is 5.75 Å². The molecule has 0 spiro atoms. The molecule has 4 nitrogen and oxygen atoms in total. The number of benzene rings is 2. The maximum Gasteiger partial charge on any atom is 0.311 e. The molecule has 31 heavy (non-hydrogen) atoms. The molecule has 4 heteroatoms. The lowest BCUT2D eigenvalue weighted by molar-refractivity contribution is -0.151. The molecule has 2 aliphatic carbocycles. The van der Waals surface area contributed by atoms with E-state index in [4.69, 9.17) is 9.47 Å². The predicted octanol–water partition coefficient (Wildman–Crippen LogP) is 5.57. The van der Waals surface area contributed by atoms with Gasteiger partial charge in [-0.15, -0.1) is 0 Å². The van der Waals surface area contributed by atoms with Gasteiger partial charge in [-0.05, 0) is 60.6 Å². The number of ether oxygens (including phenoxy) is 2. The van der Waals surface area contributed by atoms with Crippen LogP contribution >= 0.6 is 0 Å². The molecule has 3 fully saturated rings. The molecule has 1 saturated heterocycles. The minimum absolute atomic E-state index is 0.0363. The number of hydrogen-bond donors (Lipinski definition) is 0. The summed E-state index contributed by atoms with van der Waals surface area (Å²) in [5.41, 5.74) is 1.28. The van der Waals surface area contributed by atoms with E-state index in [0.29, 0.717) is 6.10 Å². The third-order valence-corrected chi connectivity index (χ3v) is 7.88. The Morgan fingerprint density at radius 3 is 2.45 bits per heavy atom. The number of rotatable bonds is 6. The second kappa shape index (κ2) is 9.20. The molecule has 0 radical (unpaired) electrons. The summed E-state index contributed by atoms with van der Waals surface area (Å²) >= 11 is 0. The number of methoxy groups -OCH3 is 1. The average molecular weight is 422 g/mol. The van der Waals surface area contributed by atoms with Crippen LogP contribution < -0.4 is 4.74 Å². The van der Waals surface area contributed by atoms with Crippen LogP contribution in [-0.2, 0) is 16.1 Å². The van der Waals surface area contributed by atoms with Crippen molar-refractivity contribution >= 4 is 16.7 Å². The van der Waals surface area contributed by atoms with Gasteiger partial charge in [0.2, 0.25) is 0 Å². The van der Waals surface area contributed by atoms with Crippen molar-refractivity contribution in [3.63, 3.8) is 0 Å². The molecular formula is C27H35NO3. The Morgan fingerprint density at radius 2 is 1.71 bits per heavy atom. The van der Waals surface area contributed by atoms with Crippen molar-refractivity contribution in [1.82, 2.24) is 4.90 Å². The monoisotopic (exact) mass is 421 g/mol. The molecule has 0 bridgehead atoms. The maximum absolute atomic E-state index is 11.6. The Hall–Kier alpha value is -2.07. The van der Waals surface area contributed by atoms with Gasteiger partial charge in [-0.25, -0.2) is 0 Å². The standard InChI is InChI=1S/C27H35NO3/c1-30-27(29)23-17-28(18-23)16-19-9-14-25-22(15-19)7-4-8-26(25)31-24-12-10-21(11-13-24)20-5-2-3-6-20/h4,7-9,14-15,20-21,23-24H,2-3,5-6,10-13,16-18H2,1H3. The zero-order valence-electron chi connectivity index (χ0n) is 18.7. The highest BCUT2D eigenvalue weighted by Crippen LogP contribution is 2.40. The van der Waals surface area contributed by atoms with Gasteiger partial charge in [-0.3, -0.25) is 9.69 Å². The van der Waals surface area contributed by atoms with E-state index in [1.165, 1.54) is 74.8 Å². The number of fused-ring (bicyclic) bond motifs is 1. The zero-order chi connectivity index (χ0) is 21.2. The van der Waals surface area contributed by atoms with Gasteiger partial charge in [0, 0.05) is 25.0 Å². The van der Waals surface area contributed by atoms with Crippen LogP contribution in [0.2, 0.25) is 0 Å². The van der Waals surface area contributed by atoms with Crippen LogP contribution in [0.1, 0.15) is 56.9 Å². The van der Waals surface area contributed by atoms with Crippen LogP contribution in [0.15, 0.2) is 36.4 Å². The summed E-state index contributed by atoms with van der Waals surface area (Å²) in [4.78, 5) is 13.9. The fourth-order valence-corrected chi connectivity index (χ4v) is 6.06. The number of nitrogens with zero attached hydrogens (tertiary/aromatic N) is 1. The number of carbonyl (C=O) groups is 1. The summed E-state index contributed by atoms with van der Waals surface area (Å²) < 4.78 is 11.4. The molecule has 0 aromatic heterocycles. The lowest BCUT2D eigenvalue weighted by Crippen LogP contribution is -2.49. The van der Waals surface area contributed by atoms with Gasteiger partial charge in [0.25, 0.3) is 0 Å². The van der Waals surface area contributed by atoms with Gasteiger partial charge in [0.1, 0.15) is 5.75 Å². The minimum atomic E-state index is -0.0890. The molecule has 0 unspecified atom stereocenters. The number of likely N-dealkylation sites (tertiary alicyclic amines) is 1. The molecule has 5 rings (SSSR count). The second-order valence-corrected chi connectivity index (χ2v) is 9.92. The van der Waals surface area contributed by atoms with Gasteiger partial charge >= 0.3 is 5.97 Å². The summed E-state index contributed by atoms with van der Waals surface area (Å²) in [6.45, 7) is 2.45. The highest BCUT2D eigenvalue weighted by atomic mass is 16.5. The largest absolute Gasteiger partial charge is 0.490 e. The SMILES string of the molecule is COC(=O)C1CN(Cc2ccc3c(OC4CCC(C5CCCC5)CC4)cccc3c2)C1. The van der Waals surface area contributed by atoms with Crippen molar-refractivity contribution < 1.29 is 14.3 Å². The Labute approximate surface area is 185 Å². The van der Waals surface area contributed by atoms with Crippen molar-refractivity contribution in [3.05, 3.63) is 42.0 Å². The molecule has 0 atom stereocenters. The van der Waals surface area contributed by atoms with E-state index in [1.807, 2.05) is 0 Å². The Bertz CT molecular complexity index is 906. The predicted molar refractivity (Wildman–Crippen MR) is 123 cm³/mol. The third-order valence-electron chi connectivity index (χ3n) is 7.88. The summed E-state index contributed by atoms with van der Waals surface area (Å²) in [6, 6.07) is 13.1. The quantitative estimate of drug-likeness (QED) is 0.572. The van der Waals surface area contributed by atoms with E-state index >= 15 is 0 Å². The first kappa shape index (κ1) is 20.8. The molecule has 3 aliphatic rings. The Kier molecular flexibility index (Phi) is 6.17. The van der Waals surface area contributed by atoms with Gasteiger partial charge in [0.05, 0.1) is 19.1 Å². The topological polar surface area (TPSA) is 38.8 Å². The summed E-state index contributed by atoms with van der Waals surface area (Å²) in [5, 5.41) is 2.44. The molecule has 0 amide bonds. The van der Waals surface area contributed by atoms with Crippen molar-refractivity contribution in [2.75, 3.05) is 20.2 Å². The fourth-order valence-electron chi connectivity index (χ4n) is 6.06. The second-order valence-electron chi connectivity index (χ2n) is 9.92. The van der Waals surface area contributed by atoms with E-state index in [-0.39, 0.29) is 11.9 Å². The van der Waals surface area contributed by atoms with E-state index in [9.17, 15) is 4.79 Å². The Morgan fingerprint density at radius 1 is 0.968 bits per heavy atom. The minimum Gasteiger partial charge on any atom is -0.490 e. The van der Waals surface area contributed by atoms with Crippen LogP contribution in [0.25, 0.3) is 10.8 Å². The van der Waals surface area contributed by atoms with Gasteiger partial charge in [-0.1, -0.05) is 49.9 Å². The van der Waals surface area contributed by atoms with E-state index < -0.39 is 0 Å². The molecular weight excluding hydrogens is 386 g/mol. The molecule has 1 aliphatic heterocycles. The fraction of sp³-hybridized carbons (Fsp3) is 0.593. The zero-order valence-corrected chi connectivity index (χ0v) is 18.7. The number of esters is 1. The van der Waals surface area contributed by atoms with Crippen LogP contribution in [0, 0.1) is 17.8 Å². The maximum atomic E-state index is 11.6. The van der Waals surface area contributed by atoms with Crippen LogP contribution in [0.3, 0.4) is 0 Å². The first-order valence-electron chi connectivity index (χ1n) is 12.2. The molecule has 2 aromatic rings. The van der Waals surface area contributed by atoms with Crippen molar-refractivity contribution in [2.24, 2.45) is 17.8 Å². The summed E-state index contributed by atoms with van der Waals surface area (Å²) in [6.07, 6.45) is 11.3. The van der Waals surface area contributed by atoms with Gasteiger partial charge in [-0.2, -0.15) is 0 Å². The Balaban J connectivity index is 1.19. The molecule has 166 valence electrons. The van der Waals surface area contributed by atoms with E-state index in [2.05, 4.69) is 41.3 Å². The van der Waals surface area contributed by atoms with Crippen LogP contribution in [0.4, 0.5) is 0 Å². The van der Waals surface area contributed by atoms with E-state index in [1.54, 1.807) is 0 Å². The third kappa shape index (κ3) is 4.59. The van der Waals surface area contributed by atoms with Crippen LogP contribution in [-0.4, -0.2) is 37.2 Å². The first-order chi connectivity index (χ1) is 15.2. The van der Waals surface area contributed by atoms with Gasteiger partial charge in [0.15, 0.2) is 0 Å². The van der Waals surface area contributed by atoms with Crippen molar-refractivity contribution in [1.29, 1.82) is 0 Å². The molecule has 2 aromatic carbocycles. The lowest BCUT2D eigenvalue weighted by Gasteiger charge is -2.37. The summed E-state index contributed by atoms with van der Waals surface area (Å²) in [5.74, 6) is 2.91. The molecule has 1 heterocycles. The molecule has 0 N–H and O–H groups in total. The van der Waals surface area contributed by atoms with E-state index in [0.717, 1.165) is 37.2 Å². The van der Waals surface area contributed by atoms with Gasteiger partial charge < -0.3 is 9.47 Å². The molecule has 2 saturated carbocycles.